The molecule has 10 rings (SSSR count). The van der Waals surface area contributed by atoms with Crippen molar-refractivity contribution < 1.29 is 0 Å². The number of pyridine rings is 1. The van der Waals surface area contributed by atoms with Gasteiger partial charge in [0.15, 0.2) is 5.82 Å². The van der Waals surface area contributed by atoms with Crippen molar-refractivity contribution in [3.05, 3.63) is 200 Å². The maximum Gasteiger partial charge on any atom is 0.160 e. The fraction of sp³-hybridized carbons (Fsp3) is 0. The molecule has 3 heterocycles. The zero-order valence-electron chi connectivity index (χ0n) is 29.8. The fourth-order valence-electron chi connectivity index (χ4n) is 7.41. The second-order valence-electron chi connectivity index (χ2n) is 13.7. The first-order valence-corrected chi connectivity index (χ1v) is 19.2. The summed E-state index contributed by atoms with van der Waals surface area (Å²) >= 11 is 1.85. The smallest absolute Gasteiger partial charge is 0.160 e. The van der Waals surface area contributed by atoms with Crippen LogP contribution in [0.5, 0.6) is 0 Å². The van der Waals surface area contributed by atoms with Crippen molar-refractivity contribution in [2.75, 3.05) is 0 Å². The predicted molar refractivity (Wildman–Crippen MR) is 231 cm³/mol. The molecule has 258 valence electrons. The van der Waals surface area contributed by atoms with Crippen molar-refractivity contribution in [2.24, 2.45) is 0 Å². The minimum atomic E-state index is 0.681. The summed E-state index contributed by atoms with van der Waals surface area (Å²) in [5.74, 6) is 0.681. The van der Waals surface area contributed by atoms with E-state index in [-0.39, 0.29) is 0 Å². The Hall–Kier alpha value is -7.01. The van der Waals surface area contributed by atoms with E-state index >= 15 is 0 Å². The summed E-state index contributed by atoms with van der Waals surface area (Å²) in [4.78, 5) is 15.1. The third kappa shape index (κ3) is 6.39. The van der Waals surface area contributed by atoms with Crippen LogP contribution >= 0.6 is 11.3 Å². The monoisotopic (exact) mass is 719 g/mol. The Bertz CT molecular complexity index is 2970. The Morgan fingerprint density at radius 1 is 0.327 bits per heavy atom. The number of benzene rings is 7. The zero-order valence-corrected chi connectivity index (χ0v) is 30.6. The largest absolute Gasteiger partial charge is 0.256 e. The quantitative estimate of drug-likeness (QED) is 0.165. The van der Waals surface area contributed by atoms with Gasteiger partial charge >= 0.3 is 0 Å². The summed E-state index contributed by atoms with van der Waals surface area (Å²) in [7, 11) is 0. The summed E-state index contributed by atoms with van der Waals surface area (Å²) in [5, 5.41) is 2.57. The van der Waals surface area contributed by atoms with Crippen molar-refractivity contribution in [3.63, 3.8) is 0 Å². The Kier molecular flexibility index (Phi) is 8.36. The van der Waals surface area contributed by atoms with Gasteiger partial charge in [-0.3, -0.25) is 4.98 Å². The number of thiophene rings is 1. The van der Waals surface area contributed by atoms with Crippen molar-refractivity contribution in [2.45, 2.75) is 0 Å². The van der Waals surface area contributed by atoms with Crippen LogP contribution < -0.4 is 0 Å². The van der Waals surface area contributed by atoms with Gasteiger partial charge in [-0.2, -0.15) is 0 Å². The molecule has 0 unspecified atom stereocenters. The molecule has 55 heavy (non-hydrogen) atoms. The molecule has 0 fully saturated rings. The van der Waals surface area contributed by atoms with Crippen LogP contribution in [-0.4, -0.2) is 15.0 Å². The topological polar surface area (TPSA) is 38.7 Å². The summed E-state index contributed by atoms with van der Waals surface area (Å²) in [6.45, 7) is 0. The molecule has 0 amide bonds. The van der Waals surface area contributed by atoms with E-state index in [4.69, 9.17) is 9.97 Å². The van der Waals surface area contributed by atoms with E-state index in [0.29, 0.717) is 5.82 Å². The summed E-state index contributed by atoms with van der Waals surface area (Å²) in [6, 6.07) is 68.6. The van der Waals surface area contributed by atoms with Gasteiger partial charge in [0, 0.05) is 48.6 Å². The predicted octanol–water partition coefficient (Wildman–Crippen LogP) is 13.9. The second-order valence-corrected chi connectivity index (χ2v) is 14.7. The van der Waals surface area contributed by atoms with Crippen LogP contribution in [0.25, 0.3) is 98.7 Å². The molecule has 0 atom stereocenters. The summed E-state index contributed by atoms with van der Waals surface area (Å²) in [6.07, 6.45) is 1.83. The Labute approximate surface area is 323 Å². The highest BCUT2D eigenvalue weighted by molar-refractivity contribution is 7.26. The first-order valence-electron chi connectivity index (χ1n) is 18.4. The molecule has 0 spiro atoms. The van der Waals surface area contributed by atoms with Crippen LogP contribution in [-0.2, 0) is 0 Å². The second kappa shape index (κ2) is 14.1. The SMILES string of the molecule is c1ccc(-c2cccc(-c3cc(-c4cc(-c5cccc(-c6ccccn6)c5)nc(-c5ccccc5)n4)cc(-c4cccc5c4sc4ccccc45)c3)c2)cc1. The van der Waals surface area contributed by atoms with Gasteiger partial charge in [-0.25, -0.2) is 9.97 Å². The normalized spacial score (nSPS) is 11.3. The lowest BCUT2D eigenvalue weighted by molar-refractivity contribution is 1.18. The lowest BCUT2D eigenvalue weighted by Gasteiger charge is -2.14. The number of fused-ring (bicyclic) bond motifs is 3. The molecule has 3 nitrogen and oxygen atoms in total. The van der Waals surface area contributed by atoms with Crippen molar-refractivity contribution in [3.8, 4) is 78.5 Å². The van der Waals surface area contributed by atoms with Gasteiger partial charge in [-0.15, -0.1) is 11.3 Å². The zero-order chi connectivity index (χ0) is 36.6. The average Bonchev–Trinajstić information content (AvgIpc) is 3.66. The minimum absolute atomic E-state index is 0.681. The molecular weight excluding hydrogens is 687 g/mol. The van der Waals surface area contributed by atoms with Gasteiger partial charge in [0.25, 0.3) is 0 Å². The molecule has 0 N–H and O–H groups in total. The van der Waals surface area contributed by atoms with Gasteiger partial charge < -0.3 is 0 Å². The van der Waals surface area contributed by atoms with E-state index in [1.165, 1.54) is 36.9 Å². The van der Waals surface area contributed by atoms with E-state index in [1.807, 2.05) is 53.9 Å². The Balaban J connectivity index is 1.20. The van der Waals surface area contributed by atoms with Gasteiger partial charge in [0.05, 0.1) is 17.1 Å². The van der Waals surface area contributed by atoms with E-state index < -0.39 is 0 Å². The van der Waals surface area contributed by atoms with E-state index in [2.05, 4.69) is 163 Å². The van der Waals surface area contributed by atoms with Gasteiger partial charge in [-0.05, 0) is 88.0 Å². The number of hydrogen-bond acceptors (Lipinski definition) is 4. The van der Waals surface area contributed by atoms with Crippen LogP contribution in [0.15, 0.2) is 200 Å². The number of aromatic nitrogens is 3. The molecule has 0 aliphatic heterocycles. The lowest BCUT2D eigenvalue weighted by Crippen LogP contribution is -1.97. The third-order valence-corrected chi connectivity index (χ3v) is 11.3. The standard InChI is InChI=1S/C51H33N3S/c1-3-14-34(15-4-1)36-18-11-19-37(28-36)40-30-41(43-23-13-24-45-44-22-7-8-26-49(44)55-50(43)45)32-42(31-40)48-33-47(53-51(54-48)35-16-5-2-6-17-35)39-21-12-20-38(29-39)46-25-9-10-27-52-46/h1-33H. The van der Waals surface area contributed by atoms with Crippen LogP contribution in [0.1, 0.15) is 0 Å². The number of rotatable bonds is 7. The highest BCUT2D eigenvalue weighted by Gasteiger charge is 2.17. The van der Waals surface area contributed by atoms with E-state index in [0.717, 1.165) is 56.0 Å². The van der Waals surface area contributed by atoms with Crippen LogP contribution in [0.3, 0.4) is 0 Å². The highest BCUT2D eigenvalue weighted by atomic mass is 32.1. The lowest BCUT2D eigenvalue weighted by atomic mass is 9.92. The molecule has 3 aromatic heterocycles. The molecule has 0 aliphatic rings. The molecule has 10 aromatic rings. The minimum Gasteiger partial charge on any atom is -0.256 e. The maximum atomic E-state index is 5.29. The molecule has 0 saturated heterocycles. The molecular formula is C51H33N3S. The molecule has 0 radical (unpaired) electrons. The van der Waals surface area contributed by atoms with Crippen molar-refractivity contribution >= 4 is 31.5 Å². The first-order chi connectivity index (χ1) is 27.2. The summed E-state index contributed by atoms with van der Waals surface area (Å²) < 4.78 is 2.57. The Morgan fingerprint density at radius 3 is 1.65 bits per heavy atom. The Morgan fingerprint density at radius 2 is 0.873 bits per heavy atom. The molecule has 0 aliphatic carbocycles. The van der Waals surface area contributed by atoms with Gasteiger partial charge in [-0.1, -0.05) is 140 Å². The van der Waals surface area contributed by atoms with E-state index in [1.54, 1.807) is 0 Å². The van der Waals surface area contributed by atoms with E-state index in [9.17, 15) is 0 Å². The third-order valence-electron chi connectivity index (χ3n) is 10.1. The van der Waals surface area contributed by atoms with Crippen LogP contribution in [0, 0.1) is 0 Å². The van der Waals surface area contributed by atoms with Gasteiger partial charge in [0.1, 0.15) is 0 Å². The number of nitrogens with zero attached hydrogens (tertiary/aromatic N) is 3. The molecule has 4 heteroatoms. The molecule has 7 aromatic carbocycles. The highest BCUT2D eigenvalue weighted by Crippen LogP contribution is 2.42. The molecule has 0 bridgehead atoms. The summed E-state index contributed by atoms with van der Waals surface area (Å²) in [5.41, 5.74) is 13.7. The maximum absolute atomic E-state index is 5.29. The van der Waals surface area contributed by atoms with Crippen molar-refractivity contribution in [1.82, 2.24) is 15.0 Å². The first kappa shape index (κ1) is 32.6. The number of hydrogen-bond donors (Lipinski definition) is 0. The van der Waals surface area contributed by atoms with Crippen LogP contribution in [0.4, 0.5) is 0 Å². The molecule has 0 saturated carbocycles. The van der Waals surface area contributed by atoms with Gasteiger partial charge in [0.2, 0.25) is 0 Å². The van der Waals surface area contributed by atoms with Crippen LogP contribution in [0.2, 0.25) is 0 Å². The fourth-order valence-corrected chi connectivity index (χ4v) is 8.65. The average molecular weight is 720 g/mol. The van der Waals surface area contributed by atoms with Crippen molar-refractivity contribution in [1.29, 1.82) is 0 Å².